The number of halogens is 1. The van der Waals surface area contributed by atoms with Crippen LogP contribution in [0.3, 0.4) is 0 Å². The molecule has 130 valence electrons. The van der Waals surface area contributed by atoms with E-state index in [-0.39, 0.29) is 17.7 Å². The Bertz CT molecular complexity index is 776. The minimum absolute atomic E-state index is 0.0862. The van der Waals surface area contributed by atoms with Gasteiger partial charge in [0.2, 0.25) is 5.76 Å². The van der Waals surface area contributed by atoms with Crippen molar-refractivity contribution in [2.45, 2.75) is 12.5 Å². The average Bonchev–Trinajstić information content (AvgIpc) is 3.35. The summed E-state index contributed by atoms with van der Waals surface area (Å²) in [4.78, 5) is 21.4. The highest BCUT2D eigenvalue weighted by atomic mass is 35.5. The molecule has 4 heterocycles. The number of hydrogen-bond donors (Lipinski definition) is 0. The molecule has 7 heteroatoms. The molecule has 2 aliphatic rings. The second-order valence-electron chi connectivity index (χ2n) is 6.49. The minimum Gasteiger partial charge on any atom is -0.350 e. The van der Waals surface area contributed by atoms with E-state index in [1.54, 1.807) is 17.8 Å². The predicted molar refractivity (Wildman–Crippen MR) is 94.1 cm³/mol. The lowest BCUT2D eigenvalue weighted by atomic mass is 10.1. The smallest absolute Gasteiger partial charge is 0.292 e. The van der Waals surface area contributed by atoms with Gasteiger partial charge in [0.15, 0.2) is 0 Å². The Morgan fingerprint density at radius 2 is 2.28 bits per heavy atom. The van der Waals surface area contributed by atoms with Gasteiger partial charge in [-0.2, -0.15) is 0 Å². The molecule has 2 aromatic rings. The van der Waals surface area contributed by atoms with Crippen LogP contribution >= 0.6 is 11.6 Å². The van der Waals surface area contributed by atoms with Crippen LogP contribution in [0.1, 0.15) is 17.0 Å². The zero-order chi connectivity index (χ0) is 17.2. The summed E-state index contributed by atoms with van der Waals surface area (Å²) in [6.07, 6.45) is 4.65. The van der Waals surface area contributed by atoms with Gasteiger partial charge in [-0.25, -0.2) is 0 Å². The summed E-state index contributed by atoms with van der Waals surface area (Å²) in [5.74, 6) is 0.711. The number of rotatable bonds is 4. The number of likely N-dealkylation sites (tertiary alicyclic amines) is 2. The Morgan fingerprint density at radius 1 is 1.36 bits per heavy atom. The number of carbonyl (C=O) groups is 1. The molecule has 0 saturated carbocycles. The summed E-state index contributed by atoms with van der Waals surface area (Å²) in [5, 5.41) is 4.00. The molecule has 0 radical (unpaired) electrons. The first-order chi connectivity index (χ1) is 12.3. The number of pyridine rings is 1. The highest BCUT2D eigenvalue weighted by molar-refractivity contribution is 6.25. The maximum atomic E-state index is 12.9. The molecule has 2 fully saturated rings. The molecule has 0 spiro atoms. The molecule has 0 bridgehead atoms. The van der Waals surface area contributed by atoms with Crippen molar-refractivity contribution in [3.63, 3.8) is 0 Å². The van der Waals surface area contributed by atoms with Crippen LogP contribution in [0, 0.1) is 5.92 Å². The van der Waals surface area contributed by atoms with E-state index in [0.29, 0.717) is 17.3 Å². The fourth-order valence-electron chi connectivity index (χ4n) is 3.79. The van der Waals surface area contributed by atoms with Crippen molar-refractivity contribution >= 4 is 17.5 Å². The predicted octanol–water partition coefficient (Wildman–Crippen LogP) is 2.64. The second kappa shape index (κ2) is 6.98. The fourth-order valence-corrected chi connectivity index (χ4v) is 3.87. The number of amides is 1. The molecule has 25 heavy (non-hydrogen) atoms. The van der Waals surface area contributed by atoms with E-state index < -0.39 is 0 Å². The van der Waals surface area contributed by atoms with Gasteiger partial charge < -0.3 is 9.42 Å². The van der Waals surface area contributed by atoms with E-state index in [1.807, 2.05) is 29.2 Å². The van der Waals surface area contributed by atoms with Crippen molar-refractivity contribution in [3.05, 3.63) is 47.8 Å². The normalized spacial score (nSPS) is 23.5. The summed E-state index contributed by atoms with van der Waals surface area (Å²) in [7, 11) is 0. The molecular formula is C18H19ClN4O2. The topological polar surface area (TPSA) is 62.5 Å². The second-order valence-corrected chi connectivity index (χ2v) is 6.74. The van der Waals surface area contributed by atoms with Gasteiger partial charge in [0.25, 0.3) is 5.91 Å². The first kappa shape index (κ1) is 16.3. The number of fused-ring (bicyclic) bond motifs is 1. The minimum atomic E-state index is -0.0862. The van der Waals surface area contributed by atoms with Crippen LogP contribution in [0.5, 0.6) is 0 Å². The Hall–Kier alpha value is -2.18. The van der Waals surface area contributed by atoms with Crippen LogP contribution < -0.4 is 0 Å². The van der Waals surface area contributed by atoms with E-state index in [0.717, 1.165) is 32.6 Å². The number of hydrogen-bond acceptors (Lipinski definition) is 5. The van der Waals surface area contributed by atoms with Crippen LogP contribution in [0.15, 0.2) is 46.6 Å². The molecule has 0 N–H and O–H groups in total. The summed E-state index contributed by atoms with van der Waals surface area (Å²) in [6, 6.07) is 7.48. The highest BCUT2D eigenvalue weighted by Gasteiger charge is 2.43. The van der Waals surface area contributed by atoms with E-state index in [1.165, 1.54) is 0 Å². The SMILES string of the molecule is O=C(c1cc(-c2ccccn2)no1)N1CC[C@H]2CN(C/C=C/Cl)C[C@H]21. The van der Waals surface area contributed by atoms with Gasteiger partial charge in [-0.15, -0.1) is 0 Å². The average molecular weight is 359 g/mol. The van der Waals surface area contributed by atoms with Crippen LogP contribution in [0.2, 0.25) is 0 Å². The largest absolute Gasteiger partial charge is 0.350 e. The summed E-state index contributed by atoms with van der Waals surface area (Å²) in [6.45, 7) is 3.47. The molecule has 2 aromatic heterocycles. The fraction of sp³-hybridized carbons (Fsp3) is 0.389. The molecule has 2 atom stereocenters. The molecule has 4 rings (SSSR count). The van der Waals surface area contributed by atoms with Crippen molar-refractivity contribution < 1.29 is 9.32 Å². The van der Waals surface area contributed by atoms with Gasteiger partial charge in [-0.05, 0) is 24.5 Å². The maximum Gasteiger partial charge on any atom is 0.292 e. The summed E-state index contributed by atoms with van der Waals surface area (Å²) in [5.41, 5.74) is 2.83. The van der Waals surface area contributed by atoms with Crippen LogP contribution in [-0.4, -0.2) is 58.1 Å². The third-order valence-corrected chi connectivity index (χ3v) is 5.16. The molecule has 0 unspecified atom stereocenters. The third-order valence-electron chi connectivity index (χ3n) is 4.99. The molecular weight excluding hydrogens is 340 g/mol. The molecule has 0 aliphatic carbocycles. The van der Waals surface area contributed by atoms with Crippen molar-refractivity contribution in [2.24, 2.45) is 5.92 Å². The van der Waals surface area contributed by atoms with Crippen molar-refractivity contribution in [2.75, 3.05) is 26.2 Å². The van der Waals surface area contributed by atoms with Gasteiger partial charge in [0.05, 0.1) is 5.69 Å². The number of carbonyl (C=O) groups excluding carboxylic acids is 1. The van der Waals surface area contributed by atoms with Crippen molar-refractivity contribution in [1.29, 1.82) is 0 Å². The standard InChI is InChI=1S/C18H19ClN4O2/c19-6-3-8-22-11-13-5-9-23(16(13)12-22)18(24)17-10-15(21-25-17)14-4-1-2-7-20-14/h1-4,6-7,10,13,16H,5,8-9,11-12H2/b6-3+/t13-,16+/m0/s1. The Morgan fingerprint density at radius 3 is 3.08 bits per heavy atom. The molecule has 0 aromatic carbocycles. The summed E-state index contributed by atoms with van der Waals surface area (Å²) >= 11 is 5.62. The number of nitrogens with zero attached hydrogens (tertiary/aromatic N) is 4. The first-order valence-corrected chi connectivity index (χ1v) is 8.86. The van der Waals surface area contributed by atoms with E-state index in [4.69, 9.17) is 16.1 Å². The maximum absolute atomic E-state index is 12.9. The highest BCUT2D eigenvalue weighted by Crippen LogP contribution is 2.32. The Balaban J connectivity index is 1.47. The quantitative estimate of drug-likeness (QED) is 0.840. The molecule has 2 aliphatic heterocycles. The molecule has 1 amide bonds. The monoisotopic (exact) mass is 358 g/mol. The molecule has 2 saturated heterocycles. The van der Waals surface area contributed by atoms with Gasteiger partial charge >= 0.3 is 0 Å². The number of aromatic nitrogens is 2. The van der Waals surface area contributed by atoms with Gasteiger partial charge in [-0.1, -0.05) is 28.9 Å². The summed E-state index contributed by atoms with van der Waals surface area (Å²) < 4.78 is 5.31. The van der Waals surface area contributed by atoms with E-state index in [2.05, 4.69) is 15.0 Å². The van der Waals surface area contributed by atoms with Crippen LogP contribution in [0.25, 0.3) is 11.4 Å². The van der Waals surface area contributed by atoms with Crippen molar-refractivity contribution in [1.82, 2.24) is 19.9 Å². The van der Waals surface area contributed by atoms with E-state index >= 15 is 0 Å². The third kappa shape index (κ3) is 3.19. The lowest BCUT2D eigenvalue weighted by Gasteiger charge is -2.23. The van der Waals surface area contributed by atoms with Gasteiger partial charge in [0.1, 0.15) is 5.69 Å². The van der Waals surface area contributed by atoms with Crippen LogP contribution in [0.4, 0.5) is 0 Å². The first-order valence-electron chi connectivity index (χ1n) is 8.43. The lowest BCUT2D eigenvalue weighted by Crippen LogP contribution is -2.39. The van der Waals surface area contributed by atoms with Crippen LogP contribution in [-0.2, 0) is 0 Å². The van der Waals surface area contributed by atoms with E-state index in [9.17, 15) is 4.79 Å². The van der Waals surface area contributed by atoms with Gasteiger partial charge in [0, 0.05) is 50.0 Å². The van der Waals surface area contributed by atoms with Gasteiger partial charge in [-0.3, -0.25) is 14.7 Å². The Kier molecular flexibility index (Phi) is 4.55. The Labute approximate surface area is 151 Å². The zero-order valence-electron chi connectivity index (χ0n) is 13.7. The molecule has 6 nitrogen and oxygen atoms in total. The zero-order valence-corrected chi connectivity index (χ0v) is 14.5. The van der Waals surface area contributed by atoms with Crippen molar-refractivity contribution in [3.8, 4) is 11.4 Å². The lowest BCUT2D eigenvalue weighted by molar-refractivity contribution is 0.0686.